The molecule has 1 heterocycles. The van der Waals surface area contributed by atoms with Crippen LogP contribution in [0.15, 0.2) is 6.20 Å². The molecule has 0 bridgehead atoms. The molecule has 0 amide bonds. The van der Waals surface area contributed by atoms with Crippen molar-refractivity contribution in [2.75, 3.05) is 26.0 Å². The Morgan fingerprint density at radius 1 is 1.45 bits per heavy atom. The lowest BCUT2D eigenvalue weighted by atomic mass is 10.2. The van der Waals surface area contributed by atoms with Gasteiger partial charge in [0, 0.05) is 31.5 Å². The van der Waals surface area contributed by atoms with E-state index in [1.165, 1.54) is 0 Å². The quantitative estimate of drug-likeness (QED) is 0.682. The molecule has 6 nitrogen and oxygen atoms in total. The molecule has 0 fully saturated rings. The van der Waals surface area contributed by atoms with Crippen molar-refractivity contribution >= 4 is 9.84 Å². The van der Waals surface area contributed by atoms with E-state index in [0.29, 0.717) is 19.7 Å². The fourth-order valence-corrected chi connectivity index (χ4v) is 2.63. The van der Waals surface area contributed by atoms with Gasteiger partial charge in [-0.2, -0.15) is 5.10 Å². The molecule has 1 aromatic rings. The van der Waals surface area contributed by atoms with Crippen LogP contribution in [0.25, 0.3) is 0 Å². The molecule has 116 valence electrons. The van der Waals surface area contributed by atoms with E-state index in [1.807, 2.05) is 6.92 Å². The summed E-state index contributed by atoms with van der Waals surface area (Å²) in [4.78, 5) is 0. The molecule has 0 saturated heterocycles. The monoisotopic (exact) mass is 303 g/mol. The van der Waals surface area contributed by atoms with E-state index >= 15 is 0 Å². The molecule has 20 heavy (non-hydrogen) atoms. The average molecular weight is 303 g/mol. The van der Waals surface area contributed by atoms with Crippen LogP contribution < -0.4 is 5.32 Å². The first-order valence-corrected chi connectivity index (χ1v) is 8.52. The fraction of sp³-hybridized carbons (Fsp3) is 0.769. The summed E-state index contributed by atoms with van der Waals surface area (Å²) in [5.74, 6) is 0.129. The van der Waals surface area contributed by atoms with Crippen molar-refractivity contribution in [2.45, 2.75) is 39.1 Å². The Hall–Kier alpha value is -0.920. The minimum Gasteiger partial charge on any atom is -0.383 e. The summed E-state index contributed by atoms with van der Waals surface area (Å²) >= 11 is 0. The number of hydrogen-bond acceptors (Lipinski definition) is 5. The van der Waals surface area contributed by atoms with Crippen LogP contribution in [0.4, 0.5) is 0 Å². The highest BCUT2D eigenvalue weighted by Crippen LogP contribution is 2.08. The molecule has 7 heteroatoms. The Bertz CT molecular complexity index is 509. The second-order valence-corrected chi connectivity index (χ2v) is 7.74. The average Bonchev–Trinajstić information content (AvgIpc) is 2.73. The highest BCUT2D eigenvalue weighted by Gasteiger charge is 2.17. The summed E-state index contributed by atoms with van der Waals surface area (Å²) in [5.41, 5.74) is 2.09. The lowest BCUT2D eigenvalue weighted by Crippen LogP contribution is -2.22. The van der Waals surface area contributed by atoms with Crippen molar-refractivity contribution in [3.05, 3.63) is 17.5 Å². The van der Waals surface area contributed by atoms with Crippen LogP contribution in [0.3, 0.4) is 0 Å². The number of aromatic nitrogens is 2. The Morgan fingerprint density at radius 3 is 2.75 bits per heavy atom. The van der Waals surface area contributed by atoms with Gasteiger partial charge in [0.05, 0.1) is 30.4 Å². The molecule has 0 aliphatic rings. The molecule has 0 spiro atoms. The van der Waals surface area contributed by atoms with E-state index in [-0.39, 0.29) is 11.0 Å². The molecule has 0 aliphatic heterocycles. The van der Waals surface area contributed by atoms with Gasteiger partial charge >= 0.3 is 0 Å². The predicted molar refractivity (Wildman–Crippen MR) is 79.5 cm³/mol. The third-order valence-corrected chi connectivity index (χ3v) is 5.50. The van der Waals surface area contributed by atoms with Gasteiger partial charge in [-0.1, -0.05) is 0 Å². The molecule has 1 aromatic heterocycles. The third kappa shape index (κ3) is 4.88. The molecule has 0 saturated carbocycles. The van der Waals surface area contributed by atoms with Gasteiger partial charge in [-0.3, -0.25) is 4.68 Å². The summed E-state index contributed by atoms with van der Waals surface area (Å²) in [7, 11) is -1.35. The number of hydrogen-bond donors (Lipinski definition) is 1. The minimum atomic E-state index is -3.02. The lowest BCUT2D eigenvalue weighted by molar-refractivity contribution is 0.199. The lowest BCUT2D eigenvalue weighted by Gasteiger charge is -2.09. The molecule has 1 rings (SSSR count). The Labute approximate surface area is 121 Å². The van der Waals surface area contributed by atoms with Gasteiger partial charge in [-0.05, 0) is 20.8 Å². The smallest absolute Gasteiger partial charge is 0.154 e. The number of ether oxygens (including phenoxy) is 1. The zero-order chi connectivity index (χ0) is 15.2. The molecule has 0 aliphatic carbocycles. The second kappa shape index (κ2) is 7.75. The molecular formula is C13H25N3O3S. The van der Waals surface area contributed by atoms with Gasteiger partial charge in [-0.25, -0.2) is 8.42 Å². The summed E-state index contributed by atoms with van der Waals surface area (Å²) in [6.45, 7) is 7.94. The summed E-state index contributed by atoms with van der Waals surface area (Å²) < 4.78 is 30.3. The Balaban J connectivity index is 2.55. The summed E-state index contributed by atoms with van der Waals surface area (Å²) in [6, 6.07) is 0. The van der Waals surface area contributed by atoms with E-state index in [4.69, 9.17) is 4.74 Å². The maximum atomic E-state index is 11.8. The Morgan fingerprint density at radius 2 is 2.15 bits per heavy atom. The van der Waals surface area contributed by atoms with Crippen molar-refractivity contribution in [1.29, 1.82) is 0 Å². The van der Waals surface area contributed by atoms with Crippen LogP contribution in [-0.2, 0) is 27.7 Å². The normalized spacial score (nSPS) is 12.2. The maximum Gasteiger partial charge on any atom is 0.154 e. The number of nitrogens with zero attached hydrogens (tertiary/aromatic N) is 2. The number of rotatable bonds is 9. The topological polar surface area (TPSA) is 73.2 Å². The second-order valence-electron chi connectivity index (χ2n) is 5.06. The van der Waals surface area contributed by atoms with Crippen LogP contribution in [0.1, 0.15) is 25.1 Å². The summed E-state index contributed by atoms with van der Waals surface area (Å²) in [6.07, 6.45) is 1.79. The maximum absolute atomic E-state index is 11.8. The summed E-state index contributed by atoms with van der Waals surface area (Å²) in [5, 5.41) is 7.17. The molecule has 0 unspecified atom stereocenters. The first-order valence-electron chi connectivity index (χ1n) is 6.81. The molecule has 0 atom stereocenters. The highest BCUT2D eigenvalue weighted by atomic mass is 32.2. The van der Waals surface area contributed by atoms with Crippen molar-refractivity contribution in [3.8, 4) is 0 Å². The van der Waals surface area contributed by atoms with Gasteiger partial charge in [-0.15, -0.1) is 0 Å². The first-order chi connectivity index (χ1) is 9.38. The van der Waals surface area contributed by atoms with E-state index < -0.39 is 9.84 Å². The first kappa shape index (κ1) is 17.1. The van der Waals surface area contributed by atoms with Crippen molar-refractivity contribution < 1.29 is 13.2 Å². The molecule has 0 radical (unpaired) electrons. The van der Waals surface area contributed by atoms with Crippen LogP contribution in [-0.4, -0.2) is 49.5 Å². The van der Waals surface area contributed by atoms with Crippen molar-refractivity contribution in [2.24, 2.45) is 0 Å². The third-order valence-electron chi connectivity index (χ3n) is 3.31. The largest absolute Gasteiger partial charge is 0.383 e. The highest BCUT2D eigenvalue weighted by molar-refractivity contribution is 7.91. The van der Waals surface area contributed by atoms with Gasteiger partial charge in [0.15, 0.2) is 9.84 Å². The van der Waals surface area contributed by atoms with Gasteiger partial charge < -0.3 is 10.1 Å². The van der Waals surface area contributed by atoms with Crippen LogP contribution in [0.2, 0.25) is 0 Å². The standard InChI is InChI=1S/C13H25N3O3S/c1-11(2)20(17,18)8-6-16-12(3)13(10-15-16)9-14-5-7-19-4/h10-11,14H,5-9H2,1-4H3. The predicted octanol–water partition coefficient (Wildman–Crippen LogP) is 0.751. The van der Waals surface area contributed by atoms with Crippen LogP contribution in [0.5, 0.6) is 0 Å². The van der Waals surface area contributed by atoms with Crippen molar-refractivity contribution in [3.63, 3.8) is 0 Å². The van der Waals surface area contributed by atoms with Crippen LogP contribution >= 0.6 is 0 Å². The van der Waals surface area contributed by atoms with E-state index in [2.05, 4.69) is 10.4 Å². The zero-order valence-electron chi connectivity index (χ0n) is 12.7. The van der Waals surface area contributed by atoms with Crippen LogP contribution in [0, 0.1) is 6.92 Å². The van der Waals surface area contributed by atoms with Crippen molar-refractivity contribution in [1.82, 2.24) is 15.1 Å². The minimum absolute atomic E-state index is 0.129. The van der Waals surface area contributed by atoms with Gasteiger partial charge in [0.25, 0.3) is 0 Å². The van der Waals surface area contributed by atoms with E-state index in [1.54, 1.807) is 31.8 Å². The number of aryl methyl sites for hydroxylation is 1. The van der Waals surface area contributed by atoms with E-state index in [0.717, 1.165) is 17.8 Å². The Kier molecular flexibility index (Phi) is 6.64. The van der Waals surface area contributed by atoms with E-state index in [9.17, 15) is 8.42 Å². The fourth-order valence-electron chi connectivity index (χ4n) is 1.73. The molecular weight excluding hydrogens is 278 g/mol. The van der Waals surface area contributed by atoms with Gasteiger partial charge in [0.2, 0.25) is 0 Å². The number of sulfone groups is 1. The SMILES string of the molecule is COCCNCc1cnn(CCS(=O)(=O)C(C)C)c1C. The molecule has 1 N–H and O–H groups in total. The zero-order valence-corrected chi connectivity index (χ0v) is 13.5. The molecule has 0 aromatic carbocycles. The number of methoxy groups -OCH3 is 1. The number of nitrogens with one attached hydrogen (secondary N) is 1. The van der Waals surface area contributed by atoms with Gasteiger partial charge in [0.1, 0.15) is 0 Å².